The molecule has 8 heteroatoms. The van der Waals surface area contributed by atoms with Gasteiger partial charge in [-0.05, 0) is 232 Å². The van der Waals surface area contributed by atoms with E-state index < -0.39 is 0 Å². The van der Waals surface area contributed by atoms with Gasteiger partial charge in [0, 0.05) is 123 Å². The number of hydrogen-bond acceptors (Lipinski definition) is 3. The number of hydrogen-bond donors (Lipinski definition) is 0. The van der Waals surface area contributed by atoms with E-state index in [1.54, 1.807) is 0 Å². The molecule has 2 aliphatic rings. The maximum atomic E-state index is 4.63. The van der Waals surface area contributed by atoms with Gasteiger partial charge < -0.3 is 23.2 Å². The van der Waals surface area contributed by atoms with Crippen molar-refractivity contribution < 1.29 is 0 Å². The fourth-order valence-corrected chi connectivity index (χ4v) is 18.1. The fourth-order valence-electron chi connectivity index (χ4n) is 17.8. The summed E-state index contributed by atoms with van der Waals surface area (Å²) in [7, 11) is 0. The molecule has 0 radical (unpaired) electrons. The lowest BCUT2D eigenvalue weighted by Gasteiger charge is -2.28. The first-order chi connectivity index (χ1) is 55.4. The number of rotatable bonds is 11. The third-order valence-corrected chi connectivity index (χ3v) is 23.8. The van der Waals surface area contributed by atoms with Crippen LogP contribution in [0.2, 0.25) is 0 Å². The summed E-state index contributed by atoms with van der Waals surface area (Å²) in [6.45, 7) is 9.37. The Balaban J connectivity index is 0.000000122. The Labute approximate surface area is 666 Å². The molecule has 0 atom stereocenters. The summed E-state index contributed by atoms with van der Waals surface area (Å²) in [4.78, 5) is 11.5. The summed E-state index contributed by atoms with van der Waals surface area (Å²) >= 11 is 3.65. The van der Waals surface area contributed by atoms with Crippen LogP contribution in [0.3, 0.4) is 0 Å². The number of aromatic nitrogens is 6. The Bertz CT molecular complexity index is 6980. The van der Waals surface area contributed by atoms with E-state index >= 15 is 0 Å². The van der Waals surface area contributed by atoms with Crippen molar-refractivity contribution in [2.24, 2.45) is 0 Å². The summed E-state index contributed by atoms with van der Waals surface area (Å²) in [5, 5.41) is 7.41. The van der Waals surface area contributed by atoms with Gasteiger partial charge >= 0.3 is 0 Å². The van der Waals surface area contributed by atoms with Gasteiger partial charge in [0.25, 0.3) is 0 Å². The molecule has 540 valence electrons. The minimum Gasteiger partial charge on any atom is -0.316 e. The lowest BCUT2D eigenvalue weighted by atomic mass is 9.81. The molecule has 0 aliphatic heterocycles. The Morgan fingerprint density at radius 1 is 0.292 bits per heavy atom. The molecule has 113 heavy (non-hydrogen) atoms. The number of para-hydroxylation sites is 4. The van der Waals surface area contributed by atoms with Gasteiger partial charge in [0.2, 0.25) is 0 Å². The second kappa shape index (κ2) is 28.0. The van der Waals surface area contributed by atoms with Crippen LogP contribution >= 0.6 is 15.9 Å². The van der Waals surface area contributed by atoms with Gasteiger partial charge in [-0.2, -0.15) is 0 Å². The zero-order valence-electron chi connectivity index (χ0n) is 63.2. The SMILES string of the molecule is Brc1ccc2c(c1)c1cc3ccn(-c4ccccc4)c3cc1n2-c1ccccc1.CC1(C)c2ccccc2-c2ccc(Cc3ccc(-c4ccccn4)cc3)cc21.CC1(C)c2ccccc2-c2ccc(N(c3ccc(-c4ccccn4)cc3)c3ccc4c(c3)c3cc5ccn(-c6ccccc6)c5cc3n4-c3ccccc3)cc21. The predicted octanol–water partition coefficient (Wildman–Crippen LogP) is 27.7. The molecule has 22 rings (SSSR count). The largest absolute Gasteiger partial charge is 0.316 e. The molecule has 6 heterocycles. The van der Waals surface area contributed by atoms with Gasteiger partial charge in [0.1, 0.15) is 0 Å². The second-order valence-electron chi connectivity index (χ2n) is 30.7. The summed E-state index contributed by atoms with van der Waals surface area (Å²) in [5.41, 5.74) is 33.0. The van der Waals surface area contributed by atoms with Gasteiger partial charge in [-0.25, -0.2) is 0 Å². The first-order valence-electron chi connectivity index (χ1n) is 38.8. The van der Waals surface area contributed by atoms with Crippen molar-refractivity contribution >= 4 is 98.4 Å². The van der Waals surface area contributed by atoms with Gasteiger partial charge in [-0.15, -0.1) is 0 Å². The van der Waals surface area contributed by atoms with Gasteiger partial charge in [-0.1, -0.05) is 238 Å². The first kappa shape index (κ1) is 68.6. The number of pyridine rings is 2. The standard InChI is InChI=1S/C52H38N4.C27H23N.C26H17BrN2/c1-52(2)46-18-10-9-17-42(46)43-26-24-41(33-47(43)52)55(39-22-20-35(21-23-39)48-19-11-12-29-53-48)40-25-27-49-45(32-40)44-31-36-28-30-54(37-13-5-3-6-14-37)50(36)34-51(44)56(49)38-15-7-4-8-16-38;1-27(2)24-8-4-3-7-22(24)23-15-12-20(18-25(23)27)17-19-10-13-21(14-11-19)26-9-5-6-16-28-26;27-19-11-12-24-23(16-19)22-15-18-13-14-28(20-7-3-1-4-8-20)25(18)17-26(22)29(24)21-9-5-2-6-10-21/h3-34H,1-2H3;3-16,18H,17H2,1-2H3;1-17H. The van der Waals surface area contributed by atoms with Crippen molar-refractivity contribution in [1.29, 1.82) is 0 Å². The van der Waals surface area contributed by atoms with Crippen LogP contribution in [0.5, 0.6) is 0 Å². The molecule has 14 aromatic carbocycles. The van der Waals surface area contributed by atoms with Crippen molar-refractivity contribution in [3.63, 3.8) is 0 Å². The zero-order chi connectivity index (χ0) is 75.9. The van der Waals surface area contributed by atoms with Crippen LogP contribution in [0.25, 0.3) is 133 Å². The van der Waals surface area contributed by atoms with Crippen LogP contribution in [0, 0.1) is 0 Å². The lowest BCUT2D eigenvalue weighted by Crippen LogP contribution is -2.16. The minimum atomic E-state index is -0.120. The fraction of sp³-hybridized carbons (Fsp3) is 0.0667. The number of benzene rings is 14. The molecule has 0 saturated heterocycles. The number of anilines is 3. The Morgan fingerprint density at radius 2 is 0.690 bits per heavy atom. The van der Waals surface area contributed by atoms with E-state index in [9.17, 15) is 0 Å². The van der Waals surface area contributed by atoms with Crippen LogP contribution < -0.4 is 4.90 Å². The molecule has 0 saturated carbocycles. The van der Waals surface area contributed by atoms with Crippen LogP contribution in [0.15, 0.2) is 393 Å². The summed E-state index contributed by atoms with van der Waals surface area (Å²) in [5.74, 6) is 0. The van der Waals surface area contributed by atoms with Crippen molar-refractivity contribution in [2.45, 2.75) is 44.9 Å². The maximum Gasteiger partial charge on any atom is 0.0701 e. The molecule has 0 fully saturated rings. The van der Waals surface area contributed by atoms with Crippen LogP contribution in [-0.4, -0.2) is 28.2 Å². The minimum absolute atomic E-state index is 0.0603. The highest BCUT2D eigenvalue weighted by Gasteiger charge is 2.37. The molecule has 0 amide bonds. The Hall–Kier alpha value is -13.7. The average molecular weight is 1520 g/mol. The zero-order valence-corrected chi connectivity index (χ0v) is 64.8. The lowest BCUT2D eigenvalue weighted by molar-refractivity contribution is 0.659. The smallest absolute Gasteiger partial charge is 0.0701 e. The van der Waals surface area contributed by atoms with Gasteiger partial charge in [-0.3, -0.25) is 9.97 Å². The second-order valence-corrected chi connectivity index (χ2v) is 31.7. The van der Waals surface area contributed by atoms with Crippen molar-refractivity contribution in [2.75, 3.05) is 4.90 Å². The van der Waals surface area contributed by atoms with E-state index in [2.05, 4.69) is 429 Å². The molecule has 0 N–H and O–H groups in total. The third-order valence-electron chi connectivity index (χ3n) is 23.3. The molecular formula is C105H78BrN7. The topological polar surface area (TPSA) is 48.7 Å². The predicted molar refractivity (Wildman–Crippen MR) is 475 cm³/mol. The van der Waals surface area contributed by atoms with Gasteiger partial charge in [0.15, 0.2) is 0 Å². The van der Waals surface area contributed by atoms with E-state index in [0.717, 1.165) is 61.8 Å². The first-order valence-corrected chi connectivity index (χ1v) is 39.6. The molecule has 0 spiro atoms. The molecule has 7 nitrogen and oxygen atoms in total. The third kappa shape index (κ3) is 12.1. The van der Waals surface area contributed by atoms with Crippen LogP contribution in [0.1, 0.15) is 61.1 Å². The molecular weight excluding hydrogens is 1440 g/mol. The van der Waals surface area contributed by atoms with Gasteiger partial charge in [0.05, 0.1) is 44.5 Å². The van der Waals surface area contributed by atoms with Crippen LogP contribution in [-0.2, 0) is 17.3 Å². The molecule has 2 aliphatic carbocycles. The quantitative estimate of drug-likeness (QED) is 0.130. The summed E-state index contributed by atoms with van der Waals surface area (Å²) in [6, 6.07) is 131. The Morgan fingerprint density at radius 3 is 1.20 bits per heavy atom. The van der Waals surface area contributed by atoms with Crippen molar-refractivity contribution in [1.82, 2.24) is 28.2 Å². The monoisotopic (exact) mass is 1520 g/mol. The normalized spacial score (nSPS) is 12.8. The maximum absolute atomic E-state index is 4.63. The van der Waals surface area contributed by atoms with Crippen molar-refractivity contribution in [3.05, 3.63) is 427 Å². The number of fused-ring (bicyclic) bond motifs is 14. The van der Waals surface area contributed by atoms with E-state index in [0.29, 0.717) is 0 Å². The molecule has 0 unspecified atom stereocenters. The number of halogens is 1. The molecule has 6 aromatic heterocycles. The summed E-state index contributed by atoms with van der Waals surface area (Å²) in [6.07, 6.45) is 8.98. The van der Waals surface area contributed by atoms with Crippen LogP contribution in [0.4, 0.5) is 17.1 Å². The van der Waals surface area contributed by atoms with E-state index in [1.807, 2.05) is 36.7 Å². The Kier molecular flexibility index (Phi) is 17.0. The van der Waals surface area contributed by atoms with Crippen molar-refractivity contribution in [3.8, 4) is 67.5 Å². The average Bonchev–Trinajstić information content (AvgIpc) is 1.58. The highest BCUT2D eigenvalue weighted by molar-refractivity contribution is 9.10. The highest BCUT2D eigenvalue weighted by Crippen LogP contribution is 2.53. The molecule has 20 aromatic rings. The number of nitrogens with zero attached hydrogens (tertiary/aromatic N) is 7. The van der Waals surface area contributed by atoms with E-state index in [1.165, 1.54) is 132 Å². The summed E-state index contributed by atoms with van der Waals surface area (Å²) < 4.78 is 10.4. The molecule has 0 bridgehead atoms. The van der Waals surface area contributed by atoms with E-state index in [-0.39, 0.29) is 10.8 Å². The highest BCUT2D eigenvalue weighted by atomic mass is 79.9. The van der Waals surface area contributed by atoms with E-state index in [4.69, 9.17) is 0 Å².